The summed E-state index contributed by atoms with van der Waals surface area (Å²) in [5.41, 5.74) is 2.39. The summed E-state index contributed by atoms with van der Waals surface area (Å²) in [6.45, 7) is 3.90. The maximum Gasteiger partial charge on any atom is 0.274 e. The molecule has 0 bridgehead atoms. The molecule has 162 valence electrons. The summed E-state index contributed by atoms with van der Waals surface area (Å²) in [4.78, 5) is 25.9. The fraction of sp³-hybridized carbons (Fsp3) is 0.391. The topological polar surface area (TPSA) is 67.2 Å². The summed E-state index contributed by atoms with van der Waals surface area (Å²) in [7, 11) is 3.76. The van der Waals surface area contributed by atoms with Crippen LogP contribution in [0.2, 0.25) is 0 Å². The summed E-state index contributed by atoms with van der Waals surface area (Å²) in [6.07, 6.45) is 5.24. The average molecular weight is 423 g/mol. The van der Waals surface area contributed by atoms with Gasteiger partial charge in [-0.05, 0) is 31.9 Å². The molecule has 3 aromatic rings. The van der Waals surface area contributed by atoms with Gasteiger partial charge in [0.05, 0.1) is 5.69 Å². The van der Waals surface area contributed by atoms with Crippen LogP contribution in [0.5, 0.6) is 0 Å². The number of nitrogens with zero attached hydrogens (tertiary/aromatic N) is 6. The van der Waals surface area contributed by atoms with Crippen LogP contribution in [0.1, 0.15) is 41.9 Å². The smallest absolute Gasteiger partial charge is 0.274 e. The Hall–Kier alpha value is -3.29. The van der Waals surface area contributed by atoms with Crippen molar-refractivity contribution in [2.24, 2.45) is 0 Å². The van der Waals surface area contributed by atoms with Crippen LogP contribution in [0.4, 0.5) is 10.3 Å². The number of benzene rings is 1. The van der Waals surface area contributed by atoms with E-state index in [2.05, 4.69) is 10.1 Å². The number of amides is 1. The first-order valence-corrected chi connectivity index (χ1v) is 10.6. The molecule has 0 N–H and O–H groups in total. The molecule has 0 spiro atoms. The first kappa shape index (κ1) is 21.0. The molecule has 1 aliphatic rings. The molecule has 31 heavy (non-hydrogen) atoms. The number of piperidine rings is 1. The van der Waals surface area contributed by atoms with Crippen molar-refractivity contribution in [2.45, 2.75) is 32.2 Å². The molecule has 0 unspecified atom stereocenters. The Morgan fingerprint density at radius 3 is 2.74 bits per heavy atom. The van der Waals surface area contributed by atoms with Crippen molar-refractivity contribution in [3.05, 3.63) is 59.9 Å². The van der Waals surface area contributed by atoms with E-state index in [1.807, 2.05) is 43.1 Å². The molecular weight excluding hydrogens is 395 g/mol. The van der Waals surface area contributed by atoms with Gasteiger partial charge in [0.25, 0.3) is 5.91 Å². The van der Waals surface area contributed by atoms with Crippen LogP contribution in [0.3, 0.4) is 0 Å². The summed E-state index contributed by atoms with van der Waals surface area (Å²) < 4.78 is 16.4. The van der Waals surface area contributed by atoms with Gasteiger partial charge in [0.2, 0.25) is 5.95 Å². The Labute approximate surface area is 181 Å². The Bertz CT molecular complexity index is 1080. The zero-order valence-electron chi connectivity index (χ0n) is 18.1. The van der Waals surface area contributed by atoms with Gasteiger partial charge in [-0.25, -0.2) is 14.4 Å². The second-order valence-electron chi connectivity index (χ2n) is 7.99. The minimum Gasteiger partial charge on any atom is -0.347 e. The van der Waals surface area contributed by atoms with E-state index in [0.717, 1.165) is 25.1 Å². The van der Waals surface area contributed by atoms with Crippen molar-refractivity contribution >= 4 is 11.9 Å². The Kier molecular flexibility index (Phi) is 5.97. The highest BCUT2D eigenvalue weighted by Gasteiger charge is 2.30. The second kappa shape index (κ2) is 8.83. The normalized spacial score (nSPS) is 16.4. The van der Waals surface area contributed by atoms with Crippen LogP contribution in [0.25, 0.3) is 11.1 Å². The number of likely N-dealkylation sites (tertiary alicyclic amines) is 1. The van der Waals surface area contributed by atoms with Crippen LogP contribution in [-0.2, 0) is 6.54 Å². The molecule has 1 amide bonds. The van der Waals surface area contributed by atoms with Crippen molar-refractivity contribution in [3.63, 3.8) is 0 Å². The predicted octanol–water partition coefficient (Wildman–Crippen LogP) is 3.58. The predicted molar refractivity (Wildman–Crippen MR) is 118 cm³/mol. The van der Waals surface area contributed by atoms with Crippen LogP contribution in [0, 0.1) is 5.82 Å². The van der Waals surface area contributed by atoms with Crippen LogP contribution in [-0.4, -0.2) is 57.7 Å². The van der Waals surface area contributed by atoms with Gasteiger partial charge in [-0.15, -0.1) is 0 Å². The summed E-state index contributed by atoms with van der Waals surface area (Å²) in [5, 5.41) is 4.36. The highest BCUT2D eigenvalue weighted by Crippen LogP contribution is 2.35. The lowest BCUT2D eigenvalue weighted by atomic mass is 9.89. The SMILES string of the molecule is CCn1ccc(C(=O)N2CCC[C@H](c3nc(N(C)C)ncc3-c3ccccc3F)C2)n1. The minimum atomic E-state index is -0.307. The van der Waals surface area contributed by atoms with E-state index in [1.165, 1.54) is 6.07 Å². The lowest BCUT2D eigenvalue weighted by molar-refractivity contribution is 0.0699. The monoisotopic (exact) mass is 422 g/mol. The molecular formula is C23H27FN6O. The van der Waals surface area contributed by atoms with E-state index in [-0.39, 0.29) is 17.6 Å². The van der Waals surface area contributed by atoms with Crippen LogP contribution in [0.15, 0.2) is 42.7 Å². The average Bonchev–Trinajstić information content (AvgIpc) is 3.28. The van der Waals surface area contributed by atoms with E-state index < -0.39 is 0 Å². The third-order valence-corrected chi connectivity index (χ3v) is 5.65. The van der Waals surface area contributed by atoms with Gasteiger partial charge < -0.3 is 9.80 Å². The largest absolute Gasteiger partial charge is 0.347 e. The molecule has 1 atom stereocenters. The van der Waals surface area contributed by atoms with Gasteiger partial charge in [-0.3, -0.25) is 9.48 Å². The van der Waals surface area contributed by atoms with Gasteiger partial charge in [-0.2, -0.15) is 5.10 Å². The fourth-order valence-corrected chi connectivity index (χ4v) is 4.00. The first-order chi connectivity index (χ1) is 15.0. The third kappa shape index (κ3) is 4.28. The van der Waals surface area contributed by atoms with Gasteiger partial charge in [-0.1, -0.05) is 18.2 Å². The van der Waals surface area contributed by atoms with Crippen LogP contribution >= 0.6 is 0 Å². The first-order valence-electron chi connectivity index (χ1n) is 10.6. The maximum absolute atomic E-state index is 14.6. The molecule has 1 fully saturated rings. The molecule has 7 nitrogen and oxygen atoms in total. The lowest BCUT2D eigenvalue weighted by Gasteiger charge is -2.33. The molecule has 1 aliphatic heterocycles. The molecule has 1 aromatic carbocycles. The van der Waals surface area contributed by atoms with E-state index in [0.29, 0.717) is 35.9 Å². The number of carbonyl (C=O) groups is 1. The van der Waals surface area contributed by atoms with E-state index in [1.54, 1.807) is 29.1 Å². The van der Waals surface area contributed by atoms with Gasteiger partial charge in [0, 0.05) is 63.2 Å². The van der Waals surface area contributed by atoms with Crippen molar-refractivity contribution < 1.29 is 9.18 Å². The van der Waals surface area contributed by atoms with E-state index in [4.69, 9.17) is 4.98 Å². The number of rotatable bonds is 5. The highest BCUT2D eigenvalue weighted by molar-refractivity contribution is 5.92. The molecule has 8 heteroatoms. The summed E-state index contributed by atoms with van der Waals surface area (Å²) >= 11 is 0. The molecule has 3 heterocycles. The third-order valence-electron chi connectivity index (χ3n) is 5.65. The summed E-state index contributed by atoms with van der Waals surface area (Å²) in [5.74, 6) is 0.174. The maximum atomic E-state index is 14.6. The zero-order valence-corrected chi connectivity index (χ0v) is 18.1. The number of hydrogen-bond acceptors (Lipinski definition) is 5. The van der Waals surface area contributed by atoms with Crippen LogP contribution < -0.4 is 4.90 Å². The molecule has 2 aromatic heterocycles. The summed E-state index contributed by atoms with van der Waals surface area (Å²) in [6, 6.07) is 8.43. The number of aromatic nitrogens is 4. The Balaban J connectivity index is 1.68. The quantitative estimate of drug-likeness (QED) is 0.629. The number of anilines is 1. The number of aryl methyl sites for hydroxylation is 1. The Morgan fingerprint density at radius 2 is 2.03 bits per heavy atom. The Morgan fingerprint density at radius 1 is 1.23 bits per heavy atom. The number of hydrogen-bond donors (Lipinski definition) is 0. The molecule has 1 saturated heterocycles. The number of carbonyl (C=O) groups excluding carboxylic acids is 1. The van der Waals surface area contributed by atoms with Crippen molar-refractivity contribution in [1.82, 2.24) is 24.6 Å². The minimum absolute atomic E-state index is 0.0118. The van der Waals surface area contributed by atoms with Crippen molar-refractivity contribution in [3.8, 4) is 11.1 Å². The number of halogens is 1. The molecule has 4 rings (SSSR count). The fourth-order valence-electron chi connectivity index (χ4n) is 4.00. The van der Waals surface area contributed by atoms with Crippen molar-refractivity contribution in [2.75, 3.05) is 32.1 Å². The zero-order chi connectivity index (χ0) is 22.0. The van der Waals surface area contributed by atoms with Gasteiger partial charge in [0.15, 0.2) is 0 Å². The lowest BCUT2D eigenvalue weighted by Crippen LogP contribution is -2.39. The van der Waals surface area contributed by atoms with E-state index in [9.17, 15) is 9.18 Å². The van der Waals surface area contributed by atoms with E-state index >= 15 is 0 Å². The standard InChI is InChI=1S/C23H27FN6O/c1-4-30-13-11-20(27-30)22(31)29-12-7-8-16(15-29)21-18(14-25-23(26-21)28(2)3)17-9-5-6-10-19(17)24/h5-6,9-11,13-14,16H,4,7-8,12,15H2,1-3H3/t16-/m0/s1. The highest BCUT2D eigenvalue weighted by atomic mass is 19.1. The van der Waals surface area contributed by atoms with Crippen molar-refractivity contribution in [1.29, 1.82) is 0 Å². The van der Waals surface area contributed by atoms with Gasteiger partial charge in [0.1, 0.15) is 11.5 Å². The molecule has 0 saturated carbocycles. The molecule has 0 radical (unpaired) electrons. The molecule has 0 aliphatic carbocycles. The second-order valence-corrected chi connectivity index (χ2v) is 7.99. The van der Waals surface area contributed by atoms with Gasteiger partial charge >= 0.3 is 0 Å².